The summed E-state index contributed by atoms with van der Waals surface area (Å²) in [5.74, 6) is 0.592. The standard InChI is InChI=1S/C23H24N2O5S/c1-17(26)24-22-16-21(11-12-23(22)29-2)31(27,28)25-19-9-6-10-20(15-19)30-14-13-18-7-4-3-5-8-18/h3-12,15-16,25H,13-14H2,1-2H3,(H,24,26). The number of sulfonamides is 1. The summed E-state index contributed by atoms with van der Waals surface area (Å²) in [5, 5.41) is 2.57. The van der Waals surface area contributed by atoms with Crippen LogP contribution in [0.5, 0.6) is 11.5 Å². The third-order valence-electron chi connectivity index (χ3n) is 4.38. The first-order chi connectivity index (χ1) is 14.9. The lowest BCUT2D eigenvalue weighted by Gasteiger charge is -2.13. The van der Waals surface area contributed by atoms with E-state index in [9.17, 15) is 13.2 Å². The lowest BCUT2D eigenvalue weighted by atomic mass is 10.2. The molecule has 0 saturated carbocycles. The molecule has 7 nitrogen and oxygen atoms in total. The van der Waals surface area contributed by atoms with Crippen LogP contribution >= 0.6 is 0 Å². The summed E-state index contributed by atoms with van der Waals surface area (Å²) >= 11 is 0. The topological polar surface area (TPSA) is 93.7 Å². The zero-order valence-electron chi connectivity index (χ0n) is 17.3. The van der Waals surface area contributed by atoms with Gasteiger partial charge in [0, 0.05) is 19.4 Å². The van der Waals surface area contributed by atoms with Crippen molar-refractivity contribution in [2.45, 2.75) is 18.2 Å². The van der Waals surface area contributed by atoms with Gasteiger partial charge in [0.05, 0.1) is 30.0 Å². The van der Waals surface area contributed by atoms with E-state index in [1.165, 1.54) is 32.2 Å². The first-order valence-electron chi connectivity index (χ1n) is 9.62. The first-order valence-corrected chi connectivity index (χ1v) is 11.1. The summed E-state index contributed by atoms with van der Waals surface area (Å²) in [4.78, 5) is 11.4. The van der Waals surface area contributed by atoms with Crippen LogP contribution in [0.4, 0.5) is 11.4 Å². The van der Waals surface area contributed by atoms with Crippen molar-refractivity contribution >= 4 is 27.3 Å². The minimum Gasteiger partial charge on any atom is -0.495 e. The molecule has 3 rings (SSSR count). The van der Waals surface area contributed by atoms with E-state index in [1.54, 1.807) is 24.3 Å². The summed E-state index contributed by atoms with van der Waals surface area (Å²) in [6.45, 7) is 1.81. The molecule has 0 aromatic heterocycles. The molecule has 162 valence electrons. The Morgan fingerprint density at radius 1 is 0.968 bits per heavy atom. The van der Waals surface area contributed by atoms with Gasteiger partial charge in [-0.25, -0.2) is 8.42 Å². The van der Waals surface area contributed by atoms with Gasteiger partial charge in [0.15, 0.2) is 0 Å². The number of anilines is 2. The molecule has 0 unspecified atom stereocenters. The molecule has 0 heterocycles. The summed E-state index contributed by atoms with van der Waals surface area (Å²) in [7, 11) is -2.45. The van der Waals surface area contributed by atoms with E-state index in [0.29, 0.717) is 23.8 Å². The number of nitrogens with one attached hydrogen (secondary N) is 2. The van der Waals surface area contributed by atoms with Gasteiger partial charge in [-0.3, -0.25) is 9.52 Å². The molecule has 31 heavy (non-hydrogen) atoms. The average molecular weight is 441 g/mol. The number of hydrogen-bond donors (Lipinski definition) is 2. The van der Waals surface area contributed by atoms with Crippen LogP contribution in [0.25, 0.3) is 0 Å². The fourth-order valence-corrected chi connectivity index (χ4v) is 4.01. The maximum atomic E-state index is 12.8. The summed E-state index contributed by atoms with van der Waals surface area (Å²) in [6, 6.07) is 21.0. The fraction of sp³-hybridized carbons (Fsp3) is 0.174. The van der Waals surface area contributed by atoms with Crippen LogP contribution in [-0.2, 0) is 21.2 Å². The molecule has 8 heteroatoms. The highest BCUT2D eigenvalue weighted by Gasteiger charge is 2.17. The number of rotatable bonds is 9. The normalized spacial score (nSPS) is 10.9. The first kappa shape index (κ1) is 22.2. The van der Waals surface area contributed by atoms with Gasteiger partial charge in [0.25, 0.3) is 10.0 Å². The maximum Gasteiger partial charge on any atom is 0.261 e. The zero-order chi connectivity index (χ0) is 22.3. The number of benzene rings is 3. The molecule has 0 atom stereocenters. The van der Waals surface area contributed by atoms with E-state index in [1.807, 2.05) is 30.3 Å². The lowest BCUT2D eigenvalue weighted by Crippen LogP contribution is -2.14. The Balaban J connectivity index is 1.71. The van der Waals surface area contributed by atoms with Crippen LogP contribution in [-0.4, -0.2) is 28.0 Å². The number of methoxy groups -OCH3 is 1. The Hall–Kier alpha value is -3.52. The van der Waals surface area contributed by atoms with E-state index >= 15 is 0 Å². The fourth-order valence-electron chi connectivity index (χ4n) is 2.94. The number of hydrogen-bond acceptors (Lipinski definition) is 5. The Kier molecular flexibility index (Phi) is 7.15. The predicted octanol–water partition coefficient (Wildman–Crippen LogP) is 4.08. The largest absolute Gasteiger partial charge is 0.495 e. The number of amides is 1. The van der Waals surface area contributed by atoms with Gasteiger partial charge < -0.3 is 14.8 Å². The maximum absolute atomic E-state index is 12.8. The molecule has 0 radical (unpaired) electrons. The van der Waals surface area contributed by atoms with Gasteiger partial charge in [-0.05, 0) is 35.9 Å². The van der Waals surface area contributed by atoms with Gasteiger partial charge in [-0.2, -0.15) is 0 Å². The molecule has 0 aliphatic rings. The Labute approximate surface area is 182 Å². The molecule has 0 fully saturated rings. The van der Waals surface area contributed by atoms with Crippen LogP contribution in [0.15, 0.2) is 77.7 Å². The van der Waals surface area contributed by atoms with Crippen LogP contribution in [0.1, 0.15) is 12.5 Å². The van der Waals surface area contributed by atoms with Gasteiger partial charge in [-0.15, -0.1) is 0 Å². The molecular weight excluding hydrogens is 416 g/mol. The van der Waals surface area contributed by atoms with Crippen molar-refractivity contribution in [2.75, 3.05) is 23.8 Å². The Bertz CT molecular complexity index is 1150. The van der Waals surface area contributed by atoms with Crippen molar-refractivity contribution in [1.29, 1.82) is 0 Å². The van der Waals surface area contributed by atoms with Crippen molar-refractivity contribution in [3.05, 3.63) is 78.4 Å². The summed E-state index contributed by atoms with van der Waals surface area (Å²) < 4.78 is 39.2. The molecule has 3 aromatic rings. The predicted molar refractivity (Wildman–Crippen MR) is 120 cm³/mol. The van der Waals surface area contributed by atoms with E-state index in [4.69, 9.17) is 9.47 Å². The summed E-state index contributed by atoms with van der Waals surface area (Å²) in [5.41, 5.74) is 1.80. The van der Waals surface area contributed by atoms with Crippen LogP contribution < -0.4 is 19.5 Å². The van der Waals surface area contributed by atoms with Crippen molar-refractivity contribution in [1.82, 2.24) is 0 Å². The zero-order valence-corrected chi connectivity index (χ0v) is 18.1. The molecule has 0 aliphatic carbocycles. The number of ether oxygens (including phenoxy) is 2. The molecule has 3 aromatic carbocycles. The second-order valence-electron chi connectivity index (χ2n) is 6.76. The van der Waals surface area contributed by atoms with E-state index in [0.717, 1.165) is 12.0 Å². The van der Waals surface area contributed by atoms with Crippen molar-refractivity contribution in [3.63, 3.8) is 0 Å². The van der Waals surface area contributed by atoms with Gasteiger partial charge >= 0.3 is 0 Å². The highest BCUT2D eigenvalue weighted by atomic mass is 32.2. The second kappa shape index (κ2) is 9.99. The van der Waals surface area contributed by atoms with Crippen LogP contribution in [0, 0.1) is 0 Å². The highest BCUT2D eigenvalue weighted by molar-refractivity contribution is 7.92. The van der Waals surface area contributed by atoms with Crippen LogP contribution in [0.2, 0.25) is 0 Å². The molecule has 0 aliphatic heterocycles. The van der Waals surface area contributed by atoms with Gasteiger partial charge in [0.1, 0.15) is 11.5 Å². The van der Waals surface area contributed by atoms with Crippen molar-refractivity contribution in [3.8, 4) is 11.5 Å². The number of carbonyl (C=O) groups is 1. The Morgan fingerprint density at radius 3 is 2.45 bits per heavy atom. The number of carbonyl (C=O) groups excluding carboxylic acids is 1. The molecule has 0 bridgehead atoms. The SMILES string of the molecule is COc1ccc(S(=O)(=O)Nc2cccc(OCCc3ccccc3)c2)cc1NC(C)=O. The van der Waals surface area contributed by atoms with E-state index in [-0.39, 0.29) is 16.5 Å². The molecular formula is C23H24N2O5S. The minimum atomic E-state index is -3.89. The Morgan fingerprint density at radius 2 is 1.74 bits per heavy atom. The summed E-state index contributed by atoms with van der Waals surface area (Å²) in [6.07, 6.45) is 0.745. The third-order valence-corrected chi connectivity index (χ3v) is 5.76. The van der Waals surface area contributed by atoms with Gasteiger partial charge in [-0.1, -0.05) is 36.4 Å². The molecule has 2 N–H and O–H groups in total. The quantitative estimate of drug-likeness (QED) is 0.523. The van der Waals surface area contributed by atoms with Crippen molar-refractivity contribution < 1.29 is 22.7 Å². The average Bonchev–Trinajstić information content (AvgIpc) is 2.74. The monoisotopic (exact) mass is 440 g/mol. The van der Waals surface area contributed by atoms with Crippen LogP contribution in [0.3, 0.4) is 0 Å². The molecule has 0 spiro atoms. The van der Waals surface area contributed by atoms with E-state index < -0.39 is 10.0 Å². The smallest absolute Gasteiger partial charge is 0.261 e. The van der Waals surface area contributed by atoms with Gasteiger partial charge in [0.2, 0.25) is 5.91 Å². The molecule has 1 amide bonds. The minimum absolute atomic E-state index is 0.00699. The van der Waals surface area contributed by atoms with E-state index in [2.05, 4.69) is 10.0 Å². The lowest BCUT2D eigenvalue weighted by molar-refractivity contribution is -0.114. The molecule has 0 saturated heterocycles. The highest BCUT2D eigenvalue weighted by Crippen LogP contribution is 2.29. The third kappa shape index (κ3) is 6.23. The second-order valence-corrected chi connectivity index (χ2v) is 8.44. The van der Waals surface area contributed by atoms with Crippen molar-refractivity contribution in [2.24, 2.45) is 0 Å².